The average Bonchev–Trinajstić information content (AvgIpc) is 2.91. The third-order valence-electron chi connectivity index (χ3n) is 4.33. The zero-order chi connectivity index (χ0) is 15.4. The molecule has 5 nitrogen and oxygen atoms in total. The first-order valence-corrected chi connectivity index (χ1v) is 7.36. The van der Waals surface area contributed by atoms with E-state index in [4.69, 9.17) is 28.3 Å². The number of anilines is 1. The minimum atomic E-state index is -0.812. The van der Waals surface area contributed by atoms with Gasteiger partial charge in [0.2, 0.25) is 11.8 Å². The van der Waals surface area contributed by atoms with Crippen LogP contribution in [0.5, 0.6) is 0 Å². The van der Waals surface area contributed by atoms with Gasteiger partial charge in [-0.1, -0.05) is 23.2 Å². The van der Waals surface area contributed by atoms with Gasteiger partial charge >= 0.3 is 0 Å². The number of aliphatic hydroxyl groups excluding tert-OH is 1. The van der Waals surface area contributed by atoms with Gasteiger partial charge in [-0.05, 0) is 31.0 Å². The summed E-state index contributed by atoms with van der Waals surface area (Å²) in [6, 6.07) is 3.19. The monoisotopic (exact) mass is 328 g/mol. The second kappa shape index (κ2) is 4.87. The Kier molecular flexibility index (Phi) is 3.39. The van der Waals surface area contributed by atoms with E-state index in [1.54, 1.807) is 12.1 Å². The Bertz CT molecular complexity index is 649. The number of carbonyl (C=O) groups is 2. The van der Waals surface area contributed by atoms with Crippen LogP contribution in [0.4, 0.5) is 5.69 Å². The summed E-state index contributed by atoms with van der Waals surface area (Å²) in [5.41, 5.74) is 0.593. The number of amides is 2. The van der Waals surface area contributed by atoms with Crippen molar-refractivity contribution in [3.63, 3.8) is 0 Å². The Balaban J connectivity index is 2.07. The fraction of sp³-hybridized carbons (Fsp3) is 0.429. The van der Waals surface area contributed by atoms with Gasteiger partial charge in [0.25, 0.3) is 0 Å². The van der Waals surface area contributed by atoms with Gasteiger partial charge in [0, 0.05) is 18.3 Å². The predicted molar refractivity (Wildman–Crippen MR) is 79.6 cm³/mol. The molecule has 0 unspecified atom stereocenters. The summed E-state index contributed by atoms with van der Waals surface area (Å²) in [4.78, 5) is 25.8. The lowest BCUT2D eigenvalue weighted by molar-refractivity contribution is -0.135. The molecule has 2 N–H and O–H groups in total. The van der Waals surface area contributed by atoms with E-state index in [-0.39, 0.29) is 24.4 Å². The average molecular weight is 329 g/mol. The molecule has 0 radical (unpaired) electrons. The van der Waals surface area contributed by atoms with E-state index >= 15 is 0 Å². The lowest BCUT2D eigenvalue weighted by atomic mass is 9.80. The van der Waals surface area contributed by atoms with Gasteiger partial charge in [-0.25, -0.2) is 0 Å². The molecule has 2 aliphatic heterocycles. The molecule has 1 saturated heterocycles. The third-order valence-corrected chi connectivity index (χ3v) is 5.05. The number of benzene rings is 1. The molecule has 112 valence electrons. The quantitative estimate of drug-likeness (QED) is 0.825. The van der Waals surface area contributed by atoms with Crippen molar-refractivity contribution in [1.82, 2.24) is 4.90 Å². The zero-order valence-corrected chi connectivity index (χ0v) is 12.8. The molecule has 2 heterocycles. The number of carbonyl (C=O) groups excluding carboxylic acids is 2. The highest BCUT2D eigenvalue weighted by molar-refractivity contribution is 6.42. The summed E-state index contributed by atoms with van der Waals surface area (Å²) >= 11 is 12.1. The van der Waals surface area contributed by atoms with Crippen molar-refractivity contribution in [2.75, 3.05) is 18.5 Å². The minimum absolute atomic E-state index is 0.129. The highest BCUT2D eigenvalue weighted by atomic mass is 35.5. The van der Waals surface area contributed by atoms with Crippen molar-refractivity contribution in [2.45, 2.75) is 24.8 Å². The molecule has 1 aromatic rings. The van der Waals surface area contributed by atoms with E-state index in [2.05, 4.69) is 5.32 Å². The lowest BCUT2D eigenvalue weighted by Crippen LogP contribution is -2.40. The van der Waals surface area contributed by atoms with Crippen LogP contribution in [0.25, 0.3) is 0 Å². The smallest absolute Gasteiger partial charge is 0.248 e. The molecule has 7 heteroatoms. The molecule has 2 atom stereocenters. The fourth-order valence-electron chi connectivity index (χ4n) is 3.32. The third kappa shape index (κ3) is 2.03. The number of likely N-dealkylation sites (tertiary alicyclic amines) is 1. The van der Waals surface area contributed by atoms with Crippen LogP contribution in [0.15, 0.2) is 12.1 Å². The molecule has 0 aliphatic carbocycles. The number of fused-ring (bicyclic) bond motifs is 2. The first kappa shape index (κ1) is 14.6. The highest BCUT2D eigenvalue weighted by Crippen LogP contribution is 2.48. The molecular weight excluding hydrogens is 315 g/mol. The van der Waals surface area contributed by atoms with Gasteiger partial charge in [0.1, 0.15) is 6.61 Å². The maximum atomic E-state index is 12.5. The van der Waals surface area contributed by atoms with Crippen LogP contribution in [-0.2, 0) is 15.0 Å². The van der Waals surface area contributed by atoms with E-state index in [0.29, 0.717) is 22.2 Å². The molecule has 1 fully saturated rings. The van der Waals surface area contributed by atoms with Crippen molar-refractivity contribution in [3.8, 4) is 0 Å². The predicted octanol–water partition coefficient (Wildman–Crippen LogP) is 1.80. The summed E-state index contributed by atoms with van der Waals surface area (Å²) in [6.07, 6.45) is 0.496. The molecule has 0 bridgehead atoms. The first-order chi connectivity index (χ1) is 9.89. The maximum absolute atomic E-state index is 12.5. The number of rotatable bonds is 1. The van der Waals surface area contributed by atoms with Gasteiger partial charge in [-0.2, -0.15) is 0 Å². The standard InChI is InChI=1S/C14H14Cl2N2O3/c1-7-4-14(6-18(7)12(20)5-19)8-2-9(15)10(16)3-11(8)17-13(14)21/h2-3,7,19H,4-6H2,1H3,(H,17,21)/t7-,14-/m0/s1. The number of halogens is 2. The van der Waals surface area contributed by atoms with Crippen LogP contribution in [-0.4, -0.2) is 41.0 Å². The van der Waals surface area contributed by atoms with Gasteiger partial charge in [0.15, 0.2) is 0 Å². The van der Waals surface area contributed by atoms with Crippen LogP contribution in [0, 0.1) is 0 Å². The van der Waals surface area contributed by atoms with Crippen molar-refractivity contribution in [2.24, 2.45) is 0 Å². The topological polar surface area (TPSA) is 69.6 Å². The second-order valence-electron chi connectivity index (χ2n) is 5.58. The van der Waals surface area contributed by atoms with E-state index < -0.39 is 12.0 Å². The lowest BCUT2D eigenvalue weighted by Gasteiger charge is -2.23. The van der Waals surface area contributed by atoms with Crippen molar-refractivity contribution in [3.05, 3.63) is 27.7 Å². The van der Waals surface area contributed by atoms with Gasteiger partial charge < -0.3 is 15.3 Å². The van der Waals surface area contributed by atoms with Crippen molar-refractivity contribution < 1.29 is 14.7 Å². The van der Waals surface area contributed by atoms with Gasteiger partial charge in [-0.3, -0.25) is 9.59 Å². The largest absolute Gasteiger partial charge is 0.387 e. The molecule has 2 aliphatic rings. The van der Waals surface area contributed by atoms with E-state index in [0.717, 1.165) is 5.56 Å². The van der Waals surface area contributed by atoms with E-state index in [1.165, 1.54) is 4.90 Å². The molecular formula is C14H14Cl2N2O3. The highest BCUT2D eigenvalue weighted by Gasteiger charge is 2.54. The van der Waals surface area contributed by atoms with Crippen LogP contribution in [0.2, 0.25) is 10.0 Å². The van der Waals surface area contributed by atoms with Crippen molar-refractivity contribution in [1.29, 1.82) is 0 Å². The molecule has 0 saturated carbocycles. The molecule has 1 aromatic carbocycles. The summed E-state index contributed by atoms with van der Waals surface area (Å²) in [5.74, 6) is -0.531. The van der Waals surface area contributed by atoms with Crippen LogP contribution < -0.4 is 5.32 Å². The first-order valence-electron chi connectivity index (χ1n) is 6.60. The number of hydrogen-bond acceptors (Lipinski definition) is 3. The summed E-state index contributed by atoms with van der Waals surface area (Å²) < 4.78 is 0. The summed E-state index contributed by atoms with van der Waals surface area (Å²) in [6.45, 7) is 1.55. The Morgan fingerprint density at radius 1 is 1.48 bits per heavy atom. The number of hydrogen-bond donors (Lipinski definition) is 2. The molecule has 0 aromatic heterocycles. The van der Waals surface area contributed by atoms with Gasteiger partial charge in [0.05, 0.1) is 15.5 Å². The molecule has 2 amide bonds. The Labute approximate surface area is 131 Å². The number of nitrogens with one attached hydrogen (secondary N) is 1. The maximum Gasteiger partial charge on any atom is 0.248 e. The molecule has 3 rings (SSSR count). The van der Waals surface area contributed by atoms with Crippen LogP contribution >= 0.6 is 23.2 Å². The fourth-order valence-corrected chi connectivity index (χ4v) is 3.65. The molecule has 21 heavy (non-hydrogen) atoms. The summed E-state index contributed by atoms with van der Waals surface area (Å²) in [5, 5.41) is 12.6. The van der Waals surface area contributed by atoms with Crippen LogP contribution in [0.1, 0.15) is 18.9 Å². The Hall–Kier alpha value is -1.30. The minimum Gasteiger partial charge on any atom is -0.387 e. The Morgan fingerprint density at radius 2 is 2.14 bits per heavy atom. The number of aliphatic hydroxyl groups is 1. The van der Waals surface area contributed by atoms with Gasteiger partial charge in [-0.15, -0.1) is 0 Å². The number of nitrogens with zero attached hydrogens (tertiary/aromatic N) is 1. The van der Waals surface area contributed by atoms with Crippen LogP contribution in [0.3, 0.4) is 0 Å². The SMILES string of the molecule is C[C@H]1C[C@@]2(CN1C(=O)CO)C(=O)Nc1cc(Cl)c(Cl)cc12. The van der Waals surface area contributed by atoms with E-state index in [9.17, 15) is 9.59 Å². The zero-order valence-electron chi connectivity index (χ0n) is 11.3. The normalized spacial score (nSPS) is 27.1. The Morgan fingerprint density at radius 3 is 2.81 bits per heavy atom. The second-order valence-corrected chi connectivity index (χ2v) is 6.40. The van der Waals surface area contributed by atoms with Crippen molar-refractivity contribution >= 4 is 40.7 Å². The summed E-state index contributed by atoms with van der Waals surface area (Å²) in [7, 11) is 0. The molecule has 1 spiro atoms. The van der Waals surface area contributed by atoms with E-state index in [1.807, 2.05) is 6.92 Å².